The molecule has 0 spiro atoms. The van der Waals surface area contributed by atoms with Gasteiger partial charge >= 0.3 is 16.3 Å². The molecule has 20 heteroatoms. The van der Waals surface area contributed by atoms with Crippen molar-refractivity contribution >= 4 is 61.9 Å². The number of ether oxygens (including phenoxy) is 1. The molecule has 1 aromatic heterocycles. The van der Waals surface area contributed by atoms with E-state index in [1.54, 1.807) is 0 Å². The lowest BCUT2D eigenvalue weighted by Crippen LogP contribution is -2.76. The first-order valence-electron chi connectivity index (χ1n) is 11.3. The molecule has 220 valence electrons. The number of benzene rings is 1. The molecule has 1 aromatic carbocycles. The molecule has 2 heterocycles. The van der Waals surface area contributed by atoms with E-state index in [1.165, 1.54) is 43.5 Å². The van der Waals surface area contributed by atoms with Gasteiger partial charge in [-0.1, -0.05) is 5.16 Å². The Balaban J connectivity index is 1.78. The fourth-order valence-corrected chi connectivity index (χ4v) is 4.70. The predicted molar refractivity (Wildman–Crippen MR) is 139 cm³/mol. The van der Waals surface area contributed by atoms with Crippen molar-refractivity contribution in [1.29, 1.82) is 0 Å². The summed E-state index contributed by atoms with van der Waals surface area (Å²) in [5, 5.41) is 20.1. The van der Waals surface area contributed by atoms with E-state index in [1.807, 2.05) is 0 Å². The van der Waals surface area contributed by atoms with Crippen molar-refractivity contribution in [2.24, 2.45) is 5.16 Å². The van der Waals surface area contributed by atoms with E-state index in [4.69, 9.17) is 15.3 Å². The summed E-state index contributed by atoms with van der Waals surface area (Å²) >= 11 is 0.915. The van der Waals surface area contributed by atoms with Crippen LogP contribution in [0.2, 0.25) is 0 Å². The number of anilines is 1. The minimum absolute atomic E-state index is 0.0165. The largest absolute Gasteiger partial charge is 0.458 e. The lowest BCUT2D eigenvalue weighted by Gasteiger charge is -2.42. The monoisotopic (exact) mass is 613 g/mol. The zero-order valence-electron chi connectivity index (χ0n) is 21.5. The average Bonchev–Trinajstić information content (AvgIpc) is 3.33. The number of oxime groups is 1. The van der Waals surface area contributed by atoms with Gasteiger partial charge in [0.2, 0.25) is 11.5 Å². The van der Waals surface area contributed by atoms with Gasteiger partial charge in [-0.05, 0) is 31.5 Å². The second-order valence-corrected chi connectivity index (χ2v) is 10.9. The molecule has 1 saturated heterocycles. The van der Waals surface area contributed by atoms with Crippen LogP contribution in [0.1, 0.15) is 25.1 Å². The van der Waals surface area contributed by atoms with Gasteiger partial charge in [0.1, 0.15) is 18.3 Å². The van der Waals surface area contributed by atoms with Gasteiger partial charge in [0.15, 0.2) is 16.9 Å². The SMILES string of the molecule is CNC(=O)[C@@H]1[C@H](NC(=O)C(=NOC(C)(C)C(=O)OCc2ccc([N+](=O)[O-])cc2)c2csc(N)n2)C(=O)N1S(=O)(=O)O. The number of nitrogen functional groups attached to an aromatic ring is 1. The fourth-order valence-electron chi connectivity index (χ4n) is 3.31. The Morgan fingerprint density at radius 1 is 1.29 bits per heavy atom. The molecule has 3 rings (SSSR count). The maximum atomic E-state index is 13.1. The summed E-state index contributed by atoms with van der Waals surface area (Å²) in [5.74, 6) is -4.40. The molecule has 0 aliphatic carbocycles. The molecule has 1 fully saturated rings. The van der Waals surface area contributed by atoms with Crippen LogP contribution in [0.15, 0.2) is 34.8 Å². The molecule has 18 nitrogen and oxygen atoms in total. The van der Waals surface area contributed by atoms with Crippen molar-refractivity contribution in [1.82, 2.24) is 19.9 Å². The number of hydrogen-bond acceptors (Lipinski definition) is 14. The highest BCUT2D eigenvalue weighted by Gasteiger charge is 2.57. The third-order valence-corrected chi connectivity index (χ3v) is 7.03. The number of rotatable bonds is 11. The number of likely N-dealkylation sites (N-methyl/N-ethyl adjacent to an activating group) is 1. The van der Waals surface area contributed by atoms with Crippen molar-refractivity contribution < 1.29 is 46.6 Å². The van der Waals surface area contributed by atoms with Gasteiger partial charge < -0.3 is 25.9 Å². The Morgan fingerprint density at radius 2 is 1.93 bits per heavy atom. The average molecular weight is 614 g/mol. The number of nitro benzene ring substituents is 1. The highest BCUT2D eigenvalue weighted by Crippen LogP contribution is 2.24. The number of nitro groups is 1. The number of β-lactam (4-membered cyclic amide) rings is 1. The molecule has 5 N–H and O–H groups in total. The van der Waals surface area contributed by atoms with Gasteiger partial charge in [-0.2, -0.15) is 12.7 Å². The smallest absolute Gasteiger partial charge is 0.363 e. The van der Waals surface area contributed by atoms with Gasteiger partial charge in [0.25, 0.3) is 17.5 Å². The van der Waals surface area contributed by atoms with Crippen molar-refractivity contribution in [2.45, 2.75) is 38.1 Å². The fraction of sp³-hybridized carbons (Fsp3) is 0.333. The minimum atomic E-state index is -5.12. The number of nitrogens with one attached hydrogen (secondary N) is 2. The molecular weight excluding hydrogens is 590 g/mol. The molecule has 0 saturated carbocycles. The summed E-state index contributed by atoms with van der Waals surface area (Å²) in [5.41, 5.74) is 3.39. The van der Waals surface area contributed by atoms with Crippen LogP contribution in [0.4, 0.5) is 10.8 Å². The van der Waals surface area contributed by atoms with Crippen molar-refractivity contribution in [3.63, 3.8) is 0 Å². The van der Waals surface area contributed by atoms with Gasteiger partial charge in [0.05, 0.1) is 4.92 Å². The number of nitrogens with two attached hydrogens (primary N) is 1. The van der Waals surface area contributed by atoms with E-state index in [9.17, 15) is 42.3 Å². The summed E-state index contributed by atoms with van der Waals surface area (Å²) in [4.78, 5) is 69.7. The molecule has 0 bridgehead atoms. The number of esters is 1. The summed E-state index contributed by atoms with van der Waals surface area (Å²) in [6.45, 7) is 2.26. The molecule has 1 aliphatic rings. The first kappa shape index (κ1) is 30.8. The van der Waals surface area contributed by atoms with Crippen molar-refractivity contribution in [3.8, 4) is 0 Å². The van der Waals surface area contributed by atoms with Crippen LogP contribution in [0.25, 0.3) is 0 Å². The number of aromatic nitrogens is 1. The number of amides is 3. The van der Waals surface area contributed by atoms with Gasteiger partial charge in [-0.25, -0.2) is 9.78 Å². The number of carbonyl (C=O) groups excluding carboxylic acids is 4. The topological polar surface area (TPSA) is 263 Å². The molecule has 3 amide bonds. The Bertz CT molecular complexity index is 1520. The van der Waals surface area contributed by atoms with E-state index in [0.717, 1.165) is 18.4 Å². The van der Waals surface area contributed by atoms with Crippen LogP contribution >= 0.6 is 11.3 Å². The van der Waals surface area contributed by atoms with Crippen LogP contribution in [0, 0.1) is 10.1 Å². The highest BCUT2D eigenvalue weighted by molar-refractivity contribution is 7.84. The Hall–Kier alpha value is -4.69. The van der Waals surface area contributed by atoms with E-state index in [-0.39, 0.29) is 27.4 Å². The third kappa shape index (κ3) is 6.91. The molecule has 1 aliphatic heterocycles. The Morgan fingerprint density at radius 3 is 2.44 bits per heavy atom. The number of hydrogen-bond donors (Lipinski definition) is 4. The van der Waals surface area contributed by atoms with Crippen LogP contribution in [0.5, 0.6) is 0 Å². The third-order valence-electron chi connectivity index (χ3n) is 5.46. The van der Waals surface area contributed by atoms with E-state index in [2.05, 4.69) is 20.8 Å². The first-order chi connectivity index (χ1) is 19.1. The second kappa shape index (κ2) is 11.8. The first-order valence-corrected chi connectivity index (χ1v) is 13.6. The molecule has 41 heavy (non-hydrogen) atoms. The standard InChI is InChI=1S/C21H23N7O11S2/c1-21(2,19(32)38-8-10-4-6-11(7-5-10)28(33)34)39-26-13(12-9-40-20(22)24-12)16(29)25-14-15(17(30)23-3)27(18(14)31)41(35,36)37/h4-7,9,14-15H,8H2,1-3H3,(H2,22,24)(H,23,30)(H,25,29)(H,35,36,37)/t14-,15-/m0/s1. The molecular formula is C21H23N7O11S2. The second-order valence-electron chi connectivity index (χ2n) is 8.73. The minimum Gasteiger partial charge on any atom is -0.458 e. The van der Waals surface area contributed by atoms with Crippen LogP contribution in [0.3, 0.4) is 0 Å². The Labute approximate surface area is 235 Å². The molecule has 2 aromatic rings. The normalized spacial score (nSPS) is 17.3. The maximum absolute atomic E-state index is 13.1. The summed E-state index contributed by atoms with van der Waals surface area (Å²) in [6, 6.07) is 1.73. The van der Waals surface area contributed by atoms with Gasteiger partial charge in [0, 0.05) is 24.6 Å². The van der Waals surface area contributed by atoms with Crippen molar-refractivity contribution in [3.05, 3.63) is 51.0 Å². The maximum Gasteiger partial charge on any atom is 0.363 e. The lowest BCUT2D eigenvalue weighted by molar-refractivity contribution is -0.384. The zero-order chi connectivity index (χ0) is 30.7. The molecule has 0 radical (unpaired) electrons. The molecule has 0 unspecified atom stereocenters. The van der Waals surface area contributed by atoms with Crippen LogP contribution in [-0.2, 0) is 45.7 Å². The van der Waals surface area contributed by atoms with Crippen molar-refractivity contribution in [2.75, 3.05) is 12.8 Å². The number of non-ortho nitro benzene ring substituents is 1. The molecule has 2 atom stereocenters. The number of nitrogens with zero attached hydrogens (tertiary/aromatic N) is 4. The van der Waals surface area contributed by atoms with E-state index >= 15 is 0 Å². The van der Waals surface area contributed by atoms with Gasteiger partial charge in [-0.15, -0.1) is 11.3 Å². The van der Waals surface area contributed by atoms with Crippen LogP contribution < -0.4 is 16.4 Å². The predicted octanol–water partition coefficient (Wildman–Crippen LogP) is -0.879. The van der Waals surface area contributed by atoms with E-state index < -0.39 is 62.3 Å². The van der Waals surface area contributed by atoms with E-state index in [0.29, 0.717) is 5.56 Å². The summed E-state index contributed by atoms with van der Waals surface area (Å²) in [6.07, 6.45) is 0. The highest BCUT2D eigenvalue weighted by atomic mass is 32.2. The summed E-state index contributed by atoms with van der Waals surface area (Å²) in [7, 11) is -3.97. The zero-order valence-corrected chi connectivity index (χ0v) is 23.1. The number of carbonyl (C=O) groups is 4. The Kier molecular flexibility index (Phi) is 8.89. The van der Waals surface area contributed by atoms with Gasteiger partial charge in [-0.3, -0.25) is 29.1 Å². The van der Waals surface area contributed by atoms with Crippen LogP contribution in [-0.4, -0.2) is 81.3 Å². The number of thiazole rings is 1. The summed E-state index contributed by atoms with van der Waals surface area (Å²) < 4.78 is 37.4. The quantitative estimate of drug-likeness (QED) is 0.0600. The lowest BCUT2D eigenvalue weighted by atomic mass is 9.97.